The number of H-pyrrole nitrogens is 1. The van der Waals surface area contributed by atoms with Crippen molar-refractivity contribution in [2.24, 2.45) is 0 Å². The fourth-order valence-corrected chi connectivity index (χ4v) is 2.57. The van der Waals surface area contributed by atoms with Gasteiger partial charge < -0.3 is 9.72 Å². The minimum Gasteiger partial charge on any atom is -0.408 e. The molecule has 0 aliphatic rings. The Hall–Kier alpha value is -3.81. The van der Waals surface area contributed by atoms with Crippen LogP contribution in [0.3, 0.4) is 0 Å². The zero-order valence-corrected chi connectivity index (χ0v) is 13.3. The predicted molar refractivity (Wildman–Crippen MR) is 93.2 cm³/mol. The van der Waals surface area contributed by atoms with E-state index in [4.69, 9.17) is 4.74 Å². The van der Waals surface area contributed by atoms with E-state index in [9.17, 15) is 9.18 Å². The third-order valence-corrected chi connectivity index (χ3v) is 3.67. The largest absolute Gasteiger partial charge is 0.419 e. The van der Waals surface area contributed by atoms with Gasteiger partial charge in [0, 0.05) is 35.9 Å². The van der Waals surface area contributed by atoms with Crippen LogP contribution in [0.5, 0.6) is 5.75 Å². The molecule has 2 aromatic heterocycles. The van der Waals surface area contributed by atoms with Gasteiger partial charge in [-0.3, -0.25) is 10.3 Å². The van der Waals surface area contributed by atoms with Crippen LogP contribution in [-0.4, -0.2) is 26.0 Å². The number of hydrogen-bond donors (Lipinski definition) is 2. The second-order valence-electron chi connectivity index (χ2n) is 5.30. The summed E-state index contributed by atoms with van der Waals surface area (Å²) in [5, 5.41) is 2.45. The van der Waals surface area contributed by atoms with E-state index in [0.717, 1.165) is 0 Å². The monoisotopic (exact) mass is 349 g/mol. The minimum absolute atomic E-state index is 0.206. The summed E-state index contributed by atoms with van der Waals surface area (Å²) < 4.78 is 19.5. The summed E-state index contributed by atoms with van der Waals surface area (Å²) in [5.41, 5.74) is 1.73. The zero-order valence-electron chi connectivity index (χ0n) is 13.3. The van der Waals surface area contributed by atoms with Crippen molar-refractivity contribution >= 4 is 23.1 Å². The van der Waals surface area contributed by atoms with Crippen LogP contribution in [-0.2, 0) is 0 Å². The van der Waals surface area contributed by atoms with Crippen molar-refractivity contribution in [1.82, 2.24) is 19.9 Å². The van der Waals surface area contributed by atoms with E-state index < -0.39 is 6.09 Å². The van der Waals surface area contributed by atoms with Crippen LogP contribution in [0, 0.1) is 5.82 Å². The fraction of sp³-hybridized carbons (Fsp3) is 0. The van der Waals surface area contributed by atoms with Gasteiger partial charge in [-0.05, 0) is 18.2 Å². The molecule has 0 fully saturated rings. The molecule has 7 nitrogen and oxygen atoms in total. The standard InChI is InChI=1S/C18H12FN5O2/c19-13-4-2-1-3-11(13)12-5-6-14(16-15(12)20-7-8-21-16)26-18(25)24-17-22-9-10-23-17/h1-10H,(H2,22,23,24,25). The molecule has 0 atom stereocenters. The highest BCUT2D eigenvalue weighted by molar-refractivity contribution is 5.96. The molecule has 1 amide bonds. The van der Waals surface area contributed by atoms with Crippen molar-refractivity contribution in [1.29, 1.82) is 0 Å². The topological polar surface area (TPSA) is 92.8 Å². The Morgan fingerprint density at radius 3 is 2.54 bits per heavy atom. The number of anilines is 1. The Morgan fingerprint density at radius 1 is 0.962 bits per heavy atom. The lowest BCUT2D eigenvalue weighted by Gasteiger charge is -2.10. The number of hydrogen-bond acceptors (Lipinski definition) is 5. The highest BCUT2D eigenvalue weighted by Gasteiger charge is 2.16. The van der Waals surface area contributed by atoms with E-state index in [1.54, 1.807) is 36.5 Å². The average Bonchev–Trinajstić information content (AvgIpc) is 3.16. The quantitative estimate of drug-likeness (QED) is 0.587. The second kappa shape index (κ2) is 6.60. The van der Waals surface area contributed by atoms with Crippen LogP contribution in [0.25, 0.3) is 22.2 Å². The Bertz CT molecular complexity index is 1080. The summed E-state index contributed by atoms with van der Waals surface area (Å²) in [4.78, 5) is 27.2. The third-order valence-electron chi connectivity index (χ3n) is 3.67. The number of carbonyl (C=O) groups is 1. The number of carbonyl (C=O) groups excluding carboxylic acids is 1. The van der Waals surface area contributed by atoms with Gasteiger partial charge in [0.1, 0.15) is 16.9 Å². The molecule has 4 aromatic rings. The maximum absolute atomic E-state index is 14.2. The number of aromatic amines is 1. The van der Waals surface area contributed by atoms with Crippen molar-refractivity contribution in [3.05, 3.63) is 67.0 Å². The summed E-state index contributed by atoms with van der Waals surface area (Å²) in [5.74, 6) is 0.0919. The summed E-state index contributed by atoms with van der Waals surface area (Å²) in [6, 6.07) is 9.58. The van der Waals surface area contributed by atoms with E-state index in [-0.39, 0.29) is 17.5 Å². The van der Waals surface area contributed by atoms with E-state index in [1.165, 1.54) is 24.7 Å². The van der Waals surface area contributed by atoms with Crippen LogP contribution < -0.4 is 10.1 Å². The fourth-order valence-electron chi connectivity index (χ4n) is 2.57. The average molecular weight is 349 g/mol. The molecule has 8 heteroatoms. The smallest absolute Gasteiger partial charge is 0.408 e. The number of ether oxygens (including phenoxy) is 1. The van der Waals surface area contributed by atoms with Crippen molar-refractivity contribution in [3.63, 3.8) is 0 Å². The molecule has 2 N–H and O–H groups in total. The molecule has 0 aliphatic heterocycles. The van der Waals surface area contributed by atoms with E-state index in [2.05, 4.69) is 25.3 Å². The molecule has 0 saturated heterocycles. The number of benzene rings is 2. The first-order valence-corrected chi connectivity index (χ1v) is 7.69. The summed E-state index contributed by atoms with van der Waals surface area (Å²) >= 11 is 0. The number of nitrogens with one attached hydrogen (secondary N) is 2. The first-order valence-electron chi connectivity index (χ1n) is 7.69. The lowest BCUT2D eigenvalue weighted by atomic mass is 10.0. The number of halogens is 1. The van der Waals surface area contributed by atoms with E-state index in [0.29, 0.717) is 22.2 Å². The van der Waals surface area contributed by atoms with Gasteiger partial charge in [-0.2, -0.15) is 0 Å². The highest BCUT2D eigenvalue weighted by Crippen LogP contribution is 2.33. The van der Waals surface area contributed by atoms with Crippen LogP contribution in [0.1, 0.15) is 0 Å². The molecule has 128 valence electrons. The molecule has 2 heterocycles. The molecule has 0 spiro atoms. The van der Waals surface area contributed by atoms with Crippen molar-refractivity contribution in [2.45, 2.75) is 0 Å². The van der Waals surface area contributed by atoms with Crippen molar-refractivity contribution < 1.29 is 13.9 Å². The van der Waals surface area contributed by atoms with Crippen LogP contribution >= 0.6 is 0 Å². The normalized spacial score (nSPS) is 10.7. The highest BCUT2D eigenvalue weighted by atomic mass is 19.1. The SMILES string of the molecule is O=C(Nc1ncc[nH]1)Oc1ccc(-c2ccccc2F)c2nccnc12. The zero-order chi connectivity index (χ0) is 17.9. The predicted octanol–water partition coefficient (Wildman–Crippen LogP) is 3.77. The van der Waals surface area contributed by atoms with Gasteiger partial charge >= 0.3 is 6.09 Å². The number of nitrogens with zero attached hydrogens (tertiary/aromatic N) is 3. The molecule has 4 rings (SSSR count). The van der Waals surface area contributed by atoms with Gasteiger partial charge in [-0.15, -0.1) is 0 Å². The first-order chi connectivity index (χ1) is 12.7. The van der Waals surface area contributed by atoms with E-state index >= 15 is 0 Å². The first kappa shape index (κ1) is 15.7. The molecular weight excluding hydrogens is 337 g/mol. The van der Waals surface area contributed by atoms with E-state index in [1.807, 2.05) is 0 Å². The number of imidazole rings is 1. The second-order valence-corrected chi connectivity index (χ2v) is 5.30. The number of aromatic nitrogens is 4. The van der Waals surface area contributed by atoms with Gasteiger partial charge in [0.05, 0.1) is 0 Å². The van der Waals surface area contributed by atoms with Gasteiger partial charge in [-0.25, -0.2) is 19.2 Å². The lowest BCUT2D eigenvalue weighted by molar-refractivity contribution is 0.215. The Balaban J connectivity index is 1.73. The van der Waals surface area contributed by atoms with Gasteiger partial charge in [0.15, 0.2) is 5.75 Å². The van der Waals surface area contributed by atoms with Crippen LogP contribution in [0.2, 0.25) is 0 Å². The maximum Gasteiger partial charge on any atom is 0.419 e. The minimum atomic E-state index is -0.731. The maximum atomic E-state index is 14.2. The molecule has 2 aromatic carbocycles. The Kier molecular flexibility index (Phi) is 3.98. The van der Waals surface area contributed by atoms with Gasteiger partial charge in [0.2, 0.25) is 5.95 Å². The summed E-state index contributed by atoms with van der Waals surface area (Å²) in [6.07, 6.45) is 5.31. The van der Waals surface area contributed by atoms with Crippen LogP contribution in [0.4, 0.5) is 15.1 Å². The molecular formula is C18H12FN5O2. The Labute approximate surface area is 146 Å². The molecule has 0 aliphatic carbocycles. The number of fused-ring (bicyclic) bond motifs is 1. The van der Waals surface area contributed by atoms with Crippen molar-refractivity contribution in [2.75, 3.05) is 5.32 Å². The summed E-state index contributed by atoms with van der Waals surface area (Å²) in [7, 11) is 0. The van der Waals surface area contributed by atoms with Crippen LogP contribution in [0.15, 0.2) is 61.2 Å². The lowest BCUT2D eigenvalue weighted by Crippen LogP contribution is -2.17. The number of rotatable bonds is 3. The van der Waals surface area contributed by atoms with Gasteiger partial charge in [-0.1, -0.05) is 18.2 Å². The molecule has 26 heavy (non-hydrogen) atoms. The van der Waals surface area contributed by atoms with Gasteiger partial charge in [0.25, 0.3) is 0 Å². The third kappa shape index (κ3) is 2.95. The van der Waals surface area contributed by atoms with Crippen molar-refractivity contribution in [3.8, 4) is 16.9 Å². The Morgan fingerprint density at radius 2 is 1.77 bits per heavy atom. The molecule has 0 bridgehead atoms. The number of amides is 1. The molecule has 0 radical (unpaired) electrons. The summed E-state index contributed by atoms with van der Waals surface area (Å²) in [6.45, 7) is 0. The molecule has 0 saturated carbocycles. The molecule has 0 unspecified atom stereocenters.